The van der Waals surface area contributed by atoms with E-state index in [1.165, 1.54) is 12.0 Å². The molecule has 2 aliphatic heterocycles. The van der Waals surface area contributed by atoms with Crippen LogP contribution in [0.5, 0.6) is 5.75 Å². The molecule has 0 spiro atoms. The summed E-state index contributed by atoms with van der Waals surface area (Å²) >= 11 is 5.43. The third-order valence-corrected chi connectivity index (χ3v) is 10.4. The highest BCUT2D eigenvalue weighted by Crippen LogP contribution is 2.44. The second-order valence-corrected chi connectivity index (χ2v) is 13.4. The molecule has 202 valence electrons. The van der Waals surface area contributed by atoms with Crippen molar-refractivity contribution in [3.63, 3.8) is 0 Å². The van der Waals surface area contributed by atoms with Crippen molar-refractivity contribution in [3.05, 3.63) is 55.5 Å². The minimum atomic E-state index is -0.219. The van der Waals surface area contributed by atoms with Crippen LogP contribution in [0, 0.1) is 18.8 Å². The summed E-state index contributed by atoms with van der Waals surface area (Å²) in [5.74, 6) is 1.62. The summed E-state index contributed by atoms with van der Waals surface area (Å²) in [5.41, 5.74) is 3.24. The highest BCUT2D eigenvalue weighted by Gasteiger charge is 2.42. The Bertz CT molecular complexity index is 1250. The van der Waals surface area contributed by atoms with Crippen molar-refractivity contribution >= 4 is 39.1 Å². The van der Waals surface area contributed by atoms with Crippen LogP contribution in [0.2, 0.25) is 0 Å². The van der Waals surface area contributed by atoms with Gasteiger partial charge in [0, 0.05) is 58.2 Å². The molecule has 2 aromatic rings. The van der Waals surface area contributed by atoms with Gasteiger partial charge in [0.15, 0.2) is 0 Å². The van der Waals surface area contributed by atoms with Crippen LogP contribution in [0.25, 0.3) is 0 Å². The minimum Gasteiger partial charge on any atom is -0.486 e. The lowest BCUT2D eigenvalue weighted by Crippen LogP contribution is -2.48. The average Bonchev–Trinajstić information content (AvgIpc) is 3.50. The van der Waals surface area contributed by atoms with E-state index in [0.717, 1.165) is 89.2 Å². The van der Waals surface area contributed by atoms with Gasteiger partial charge < -0.3 is 14.5 Å². The van der Waals surface area contributed by atoms with Gasteiger partial charge in [-0.15, -0.1) is 11.3 Å². The topological polar surface area (TPSA) is 62.7 Å². The van der Waals surface area contributed by atoms with Crippen LogP contribution < -0.4 is 4.74 Å². The fourth-order valence-electron chi connectivity index (χ4n) is 6.84. The van der Waals surface area contributed by atoms with E-state index in [0.29, 0.717) is 25.6 Å². The van der Waals surface area contributed by atoms with E-state index in [9.17, 15) is 9.59 Å². The maximum Gasteiger partial charge on any atom is 0.249 e. The molecule has 2 atom stereocenters. The smallest absolute Gasteiger partial charge is 0.249 e. The van der Waals surface area contributed by atoms with Gasteiger partial charge >= 0.3 is 0 Å². The lowest BCUT2D eigenvalue weighted by atomic mass is 9.85. The van der Waals surface area contributed by atoms with E-state index in [2.05, 4.69) is 38.0 Å². The molecule has 3 heterocycles. The Morgan fingerprint density at radius 1 is 1.18 bits per heavy atom. The molecule has 6 rings (SSSR count). The zero-order valence-electron chi connectivity index (χ0n) is 22.1. The van der Waals surface area contributed by atoms with Crippen LogP contribution in [0.15, 0.2) is 34.5 Å². The van der Waals surface area contributed by atoms with Crippen LogP contribution in [0.3, 0.4) is 0 Å². The van der Waals surface area contributed by atoms with Gasteiger partial charge in [-0.3, -0.25) is 9.59 Å². The molecule has 8 heteroatoms. The molecule has 0 N–H and O–H groups in total. The number of rotatable bonds is 6. The first kappa shape index (κ1) is 26.1. The number of hydrogen-bond acceptors (Lipinski definition) is 5. The molecule has 2 amide bonds. The standard InChI is InChI=1S/C30H36BrN3O3S/c1-19-15-32-27(38-19)18-37-26-12-11-24(31)23-13-14-34(29(35)20-7-3-2-4-8-20)25(28(23)26)17-33-16-21-9-5-6-10-22(21)30(33)36/h10-12,15,20-21,25H,2-9,13-14,16-18H2,1H3/t21?,25-/m1/s1. The van der Waals surface area contributed by atoms with Crippen molar-refractivity contribution in [3.8, 4) is 5.75 Å². The lowest BCUT2D eigenvalue weighted by Gasteiger charge is -2.42. The second kappa shape index (κ2) is 11.1. The van der Waals surface area contributed by atoms with Crippen molar-refractivity contribution in [2.24, 2.45) is 11.8 Å². The predicted octanol–water partition coefficient (Wildman–Crippen LogP) is 6.37. The van der Waals surface area contributed by atoms with Gasteiger partial charge in [0.2, 0.25) is 11.8 Å². The summed E-state index contributed by atoms with van der Waals surface area (Å²) in [6, 6.07) is 3.85. The number of carbonyl (C=O) groups excluding carboxylic acids is 2. The zero-order valence-corrected chi connectivity index (χ0v) is 24.5. The number of benzene rings is 1. The van der Waals surface area contributed by atoms with Crippen LogP contribution in [-0.4, -0.2) is 46.2 Å². The Labute approximate surface area is 237 Å². The van der Waals surface area contributed by atoms with Gasteiger partial charge in [-0.05, 0) is 63.1 Å². The molecular formula is C30H36BrN3O3S. The summed E-state index contributed by atoms with van der Waals surface area (Å²) in [6.45, 7) is 4.39. The zero-order chi connectivity index (χ0) is 26.2. The molecule has 1 aromatic heterocycles. The van der Waals surface area contributed by atoms with E-state index in [4.69, 9.17) is 4.74 Å². The number of amides is 2. The monoisotopic (exact) mass is 597 g/mol. The number of ether oxygens (including phenoxy) is 1. The predicted molar refractivity (Wildman–Crippen MR) is 152 cm³/mol. The number of fused-ring (bicyclic) bond motifs is 2. The Morgan fingerprint density at radius 2 is 2.03 bits per heavy atom. The third kappa shape index (κ3) is 5.06. The Morgan fingerprint density at radius 3 is 2.79 bits per heavy atom. The van der Waals surface area contributed by atoms with Crippen LogP contribution >= 0.6 is 27.3 Å². The Balaban J connectivity index is 1.35. The van der Waals surface area contributed by atoms with E-state index >= 15 is 0 Å². The second-order valence-electron chi connectivity index (χ2n) is 11.2. The molecule has 4 aliphatic rings. The average molecular weight is 599 g/mol. The van der Waals surface area contributed by atoms with Crippen molar-refractivity contribution in [2.75, 3.05) is 19.6 Å². The molecule has 1 saturated heterocycles. The van der Waals surface area contributed by atoms with Crippen LogP contribution in [0.4, 0.5) is 0 Å². The molecule has 0 bridgehead atoms. The molecule has 6 nitrogen and oxygen atoms in total. The van der Waals surface area contributed by atoms with Crippen LogP contribution in [0.1, 0.15) is 78.4 Å². The number of likely N-dealkylation sites (tertiary alicyclic amines) is 1. The fraction of sp³-hybridized carbons (Fsp3) is 0.567. The first-order valence-corrected chi connectivity index (χ1v) is 15.8. The minimum absolute atomic E-state index is 0.0854. The molecule has 38 heavy (non-hydrogen) atoms. The van der Waals surface area contributed by atoms with Gasteiger partial charge in [0.05, 0.1) is 6.04 Å². The van der Waals surface area contributed by atoms with Crippen molar-refractivity contribution in [2.45, 2.75) is 77.4 Å². The van der Waals surface area contributed by atoms with Crippen LogP contribution in [-0.2, 0) is 22.6 Å². The normalized spacial score (nSPS) is 23.7. The lowest BCUT2D eigenvalue weighted by molar-refractivity contribution is -0.141. The van der Waals surface area contributed by atoms with Gasteiger partial charge in [-0.1, -0.05) is 41.3 Å². The molecule has 1 unspecified atom stereocenters. The number of aryl methyl sites for hydroxylation is 1. The molecule has 2 fully saturated rings. The van der Waals surface area contributed by atoms with E-state index < -0.39 is 0 Å². The summed E-state index contributed by atoms with van der Waals surface area (Å²) in [4.78, 5) is 37.2. The largest absolute Gasteiger partial charge is 0.486 e. The molecule has 2 aliphatic carbocycles. The summed E-state index contributed by atoms with van der Waals surface area (Å²) in [5, 5.41) is 0.937. The van der Waals surface area contributed by atoms with Crippen molar-refractivity contribution < 1.29 is 14.3 Å². The van der Waals surface area contributed by atoms with E-state index in [1.807, 2.05) is 24.1 Å². The first-order chi connectivity index (χ1) is 18.5. The number of nitrogens with zero attached hydrogens (tertiary/aromatic N) is 3. The van der Waals surface area contributed by atoms with Crippen molar-refractivity contribution in [1.29, 1.82) is 0 Å². The fourth-order valence-corrected chi connectivity index (χ4v) is 8.09. The maximum atomic E-state index is 14.0. The Hall–Kier alpha value is -2.19. The van der Waals surface area contributed by atoms with Crippen molar-refractivity contribution in [1.82, 2.24) is 14.8 Å². The third-order valence-electron chi connectivity index (χ3n) is 8.76. The number of aromatic nitrogens is 1. The molecule has 1 saturated carbocycles. The SMILES string of the molecule is Cc1cnc(COc2ccc(Br)c3c2[C@@H](CN2CC4CCCC=C4C2=O)N(C(=O)C2CCCCC2)CC3)s1. The number of hydrogen-bond donors (Lipinski definition) is 0. The van der Waals surface area contributed by atoms with Gasteiger partial charge in [0.1, 0.15) is 17.4 Å². The molecule has 1 aromatic carbocycles. The van der Waals surface area contributed by atoms with Gasteiger partial charge in [0.25, 0.3) is 0 Å². The highest BCUT2D eigenvalue weighted by molar-refractivity contribution is 9.10. The van der Waals surface area contributed by atoms with Gasteiger partial charge in [-0.25, -0.2) is 4.98 Å². The molecular weight excluding hydrogens is 562 g/mol. The summed E-state index contributed by atoms with van der Waals surface area (Å²) < 4.78 is 7.47. The quantitative estimate of drug-likeness (QED) is 0.388. The summed E-state index contributed by atoms with van der Waals surface area (Å²) in [6.07, 6.45) is 13.4. The highest BCUT2D eigenvalue weighted by atomic mass is 79.9. The maximum absolute atomic E-state index is 14.0. The van der Waals surface area contributed by atoms with E-state index in [-0.39, 0.29) is 23.8 Å². The van der Waals surface area contributed by atoms with E-state index in [1.54, 1.807) is 11.3 Å². The first-order valence-electron chi connectivity index (χ1n) is 14.1. The number of allylic oxidation sites excluding steroid dienone is 1. The number of thiazole rings is 1. The molecule has 0 radical (unpaired) electrons. The summed E-state index contributed by atoms with van der Waals surface area (Å²) in [7, 11) is 0. The van der Waals surface area contributed by atoms with Gasteiger partial charge in [-0.2, -0.15) is 0 Å². The number of carbonyl (C=O) groups is 2. The number of halogens is 1. The Kier molecular flexibility index (Phi) is 7.63.